The van der Waals surface area contributed by atoms with Crippen LogP contribution in [0.3, 0.4) is 0 Å². The predicted octanol–water partition coefficient (Wildman–Crippen LogP) is 1.88. The van der Waals surface area contributed by atoms with E-state index in [-0.39, 0.29) is 6.61 Å². The lowest BCUT2D eigenvalue weighted by atomic mass is 10.1. The number of anilines is 2. The molecule has 1 rings (SSSR count). The van der Waals surface area contributed by atoms with Crippen molar-refractivity contribution in [2.75, 3.05) is 36.9 Å². The van der Waals surface area contributed by atoms with Crippen LogP contribution in [0.1, 0.15) is 33.0 Å². The Morgan fingerprint density at radius 1 is 1.25 bits per heavy atom. The molecule has 0 amide bonds. The van der Waals surface area contributed by atoms with Crippen molar-refractivity contribution in [3.63, 3.8) is 0 Å². The number of aliphatic hydroxyl groups excluding tert-OH is 1. The molecule has 0 aliphatic heterocycles. The molecule has 1 atom stereocenters. The minimum Gasteiger partial charge on any atom is -0.396 e. The largest absolute Gasteiger partial charge is 0.396 e. The maximum absolute atomic E-state index is 8.91. The predicted molar refractivity (Wildman–Crippen MR) is 80.9 cm³/mol. The van der Waals surface area contributed by atoms with E-state index >= 15 is 0 Å². The Hall–Kier alpha value is -1.40. The second-order valence-corrected chi connectivity index (χ2v) is 4.72. The molecule has 20 heavy (non-hydrogen) atoms. The molecule has 114 valence electrons. The van der Waals surface area contributed by atoms with Gasteiger partial charge in [0.15, 0.2) is 5.82 Å². The van der Waals surface area contributed by atoms with Crippen LogP contribution >= 0.6 is 0 Å². The van der Waals surface area contributed by atoms with Gasteiger partial charge in [-0.2, -0.15) is 0 Å². The molecule has 0 aliphatic rings. The van der Waals surface area contributed by atoms with Gasteiger partial charge in [-0.25, -0.2) is 9.97 Å². The third-order valence-corrected chi connectivity index (χ3v) is 2.82. The van der Waals surface area contributed by atoms with E-state index < -0.39 is 0 Å². The molecule has 0 bridgehead atoms. The van der Waals surface area contributed by atoms with E-state index in [9.17, 15) is 0 Å². The second-order valence-electron chi connectivity index (χ2n) is 4.72. The highest BCUT2D eigenvalue weighted by molar-refractivity contribution is 5.47. The summed E-state index contributed by atoms with van der Waals surface area (Å²) >= 11 is 0. The van der Waals surface area contributed by atoms with Gasteiger partial charge in [-0.05, 0) is 26.2 Å². The molecule has 0 aromatic carbocycles. The van der Waals surface area contributed by atoms with Crippen LogP contribution in [0, 0.1) is 5.92 Å². The van der Waals surface area contributed by atoms with Crippen LogP contribution in [-0.2, 0) is 11.3 Å². The van der Waals surface area contributed by atoms with Crippen LogP contribution in [0.5, 0.6) is 0 Å². The Labute approximate surface area is 121 Å². The molecule has 1 aromatic rings. The number of rotatable bonds is 10. The average Bonchev–Trinajstić information content (AvgIpc) is 2.43. The standard InChI is InChI=1S/C14H26N4O2/c1-4-15-12-8-13(16-9-11(3)6-7-19)18-14(17-12)10-20-5-2/h8,11,19H,4-7,9-10H2,1-3H3,(H2,15,16,17,18). The molecule has 0 spiro atoms. The van der Waals surface area contributed by atoms with Crippen molar-refractivity contribution < 1.29 is 9.84 Å². The van der Waals surface area contributed by atoms with Crippen molar-refractivity contribution in [2.45, 2.75) is 33.8 Å². The van der Waals surface area contributed by atoms with E-state index in [1.165, 1.54) is 0 Å². The van der Waals surface area contributed by atoms with E-state index in [0.717, 1.165) is 31.1 Å². The summed E-state index contributed by atoms with van der Waals surface area (Å²) in [4.78, 5) is 8.83. The molecule has 6 heteroatoms. The molecule has 1 unspecified atom stereocenters. The van der Waals surface area contributed by atoms with Crippen molar-refractivity contribution in [3.05, 3.63) is 11.9 Å². The minimum absolute atomic E-state index is 0.213. The Morgan fingerprint density at radius 3 is 2.55 bits per heavy atom. The summed E-state index contributed by atoms with van der Waals surface area (Å²) in [6, 6.07) is 1.89. The lowest BCUT2D eigenvalue weighted by Crippen LogP contribution is -2.15. The van der Waals surface area contributed by atoms with E-state index in [0.29, 0.717) is 25.0 Å². The van der Waals surface area contributed by atoms with E-state index in [4.69, 9.17) is 9.84 Å². The van der Waals surface area contributed by atoms with E-state index in [1.54, 1.807) is 0 Å². The zero-order chi connectivity index (χ0) is 14.8. The first-order valence-corrected chi connectivity index (χ1v) is 7.23. The van der Waals surface area contributed by atoms with Crippen molar-refractivity contribution >= 4 is 11.6 Å². The number of aromatic nitrogens is 2. The van der Waals surface area contributed by atoms with Crippen LogP contribution in [-0.4, -0.2) is 41.4 Å². The number of aliphatic hydroxyl groups is 1. The third kappa shape index (κ3) is 6.16. The number of nitrogens with one attached hydrogen (secondary N) is 2. The first-order valence-electron chi connectivity index (χ1n) is 7.23. The minimum atomic E-state index is 0.213. The van der Waals surface area contributed by atoms with Gasteiger partial charge in [0.25, 0.3) is 0 Å². The summed E-state index contributed by atoms with van der Waals surface area (Å²) in [5.41, 5.74) is 0. The topological polar surface area (TPSA) is 79.3 Å². The summed E-state index contributed by atoms with van der Waals surface area (Å²) < 4.78 is 5.36. The summed E-state index contributed by atoms with van der Waals surface area (Å²) in [5.74, 6) is 2.65. The fourth-order valence-electron chi connectivity index (χ4n) is 1.72. The number of ether oxygens (including phenoxy) is 1. The Balaban J connectivity index is 2.69. The molecular formula is C14H26N4O2. The fourth-order valence-corrected chi connectivity index (χ4v) is 1.72. The first kappa shape index (κ1) is 16.7. The molecule has 3 N–H and O–H groups in total. The number of hydrogen-bond acceptors (Lipinski definition) is 6. The maximum Gasteiger partial charge on any atom is 0.158 e. The fraction of sp³-hybridized carbons (Fsp3) is 0.714. The molecule has 0 saturated heterocycles. The zero-order valence-corrected chi connectivity index (χ0v) is 12.6. The highest BCUT2D eigenvalue weighted by atomic mass is 16.5. The summed E-state index contributed by atoms with van der Waals surface area (Å²) in [5, 5.41) is 15.4. The molecular weight excluding hydrogens is 256 g/mol. The number of nitrogens with zero attached hydrogens (tertiary/aromatic N) is 2. The molecule has 0 fully saturated rings. The molecule has 0 radical (unpaired) electrons. The first-order chi connectivity index (χ1) is 9.69. The van der Waals surface area contributed by atoms with Crippen molar-refractivity contribution in [2.24, 2.45) is 5.92 Å². The van der Waals surface area contributed by atoms with Gasteiger partial charge in [0, 0.05) is 32.4 Å². The van der Waals surface area contributed by atoms with Crippen LogP contribution in [0.2, 0.25) is 0 Å². The van der Waals surface area contributed by atoms with Gasteiger partial charge in [-0.1, -0.05) is 6.92 Å². The number of hydrogen-bond donors (Lipinski definition) is 3. The van der Waals surface area contributed by atoms with Crippen LogP contribution in [0.4, 0.5) is 11.6 Å². The maximum atomic E-state index is 8.91. The lowest BCUT2D eigenvalue weighted by molar-refractivity contribution is 0.128. The van der Waals surface area contributed by atoms with Gasteiger partial charge in [0.1, 0.15) is 18.2 Å². The Bertz CT molecular complexity index is 387. The van der Waals surface area contributed by atoms with Gasteiger partial charge >= 0.3 is 0 Å². The normalized spacial score (nSPS) is 12.2. The highest BCUT2D eigenvalue weighted by Gasteiger charge is 2.06. The van der Waals surface area contributed by atoms with Crippen LogP contribution in [0.25, 0.3) is 0 Å². The van der Waals surface area contributed by atoms with Crippen LogP contribution in [0.15, 0.2) is 6.07 Å². The van der Waals surface area contributed by atoms with Gasteiger partial charge in [-0.15, -0.1) is 0 Å². The molecule has 6 nitrogen and oxygen atoms in total. The van der Waals surface area contributed by atoms with E-state index in [1.807, 2.05) is 19.9 Å². The van der Waals surface area contributed by atoms with Crippen molar-refractivity contribution in [1.29, 1.82) is 0 Å². The molecule has 0 saturated carbocycles. The molecule has 0 aliphatic carbocycles. The van der Waals surface area contributed by atoms with Crippen LogP contribution < -0.4 is 10.6 Å². The summed E-state index contributed by atoms with van der Waals surface area (Å²) in [6.45, 7) is 8.93. The highest BCUT2D eigenvalue weighted by Crippen LogP contribution is 2.13. The van der Waals surface area contributed by atoms with Gasteiger partial charge < -0.3 is 20.5 Å². The van der Waals surface area contributed by atoms with E-state index in [2.05, 4.69) is 27.5 Å². The van der Waals surface area contributed by atoms with Crippen molar-refractivity contribution in [3.8, 4) is 0 Å². The monoisotopic (exact) mass is 282 g/mol. The van der Waals surface area contributed by atoms with Crippen molar-refractivity contribution in [1.82, 2.24) is 9.97 Å². The summed E-state index contributed by atoms with van der Waals surface area (Å²) in [6.07, 6.45) is 0.782. The second kappa shape index (κ2) is 9.50. The SMILES string of the molecule is CCNc1cc(NCC(C)CCO)nc(COCC)n1. The van der Waals surface area contributed by atoms with Gasteiger partial charge in [-0.3, -0.25) is 0 Å². The van der Waals surface area contributed by atoms with Gasteiger partial charge in [0.2, 0.25) is 0 Å². The smallest absolute Gasteiger partial charge is 0.158 e. The Morgan fingerprint density at radius 2 is 1.95 bits per heavy atom. The average molecular weight is 282 g/mol. The molecule has 1 heterocycles. The third-order valence-electron chi connectivity index (χ3n) is 2.82. The lowest BCUT2D eigenvalue weighted by Gasteiger charge is -2.13. The molecule has 1 aromatic heterocycles. The zero-order valence-electron chi connectivity index (χ0n) is 12.6. The quantitative estimate of drug-likeness (QED) is 0.608. The van der Waals surface area contributed by atoms with Gasteiger partial charge in [0.05, 0.1) is 0 Å². The summed E-state index contributed by atoms with van der Waals surface area (Å²) in [7, 11) is 0. The Kier molecular flexibility index (Phi) is 7.91.